The standard InChI is InChI=1S/C15H22O10/c1-7(16)21-6-11-12(22-8(2)17)13(23-9(3)18)14(24-10(4)19)15(5,20)25-11/h11-14,20H,6H2,1-5H3/t11-,12-,13+,14-,15?/m1/s1. The highest BCUT2D eigenvalue weighted by atomic mass is 16.7. The van der Waals surface area contributed by atoms with Gasteiger partial charge < -0.3 is 28.8 Å². The third kappa shape index (κ3) is 5.98. The van der Waals surface area contributed by atoms with Crippen molar-refractivity contribution < 1.29 is 48.0 Å². The van der Waals surface area contributed by atoms with E-state index in [1.807, 2.05) is 0 Å². The number of esters is 4. The Labute approximate surface area is 144 Å². The third-order valence-corrected chi connectivity index (χ3v) is 3.25. The van der Waals surface area contributed by atoms with Crippen molar-refractivity contribution in [3.63, 3.8) is 0 Å². The zero-order valence-electron chi connectivity index (χ0n) is 14.6. The smallest absolute Gasteiger partial charge is 0.303 e. The van der Waals surface area contributed by atoms with E-state index in [9.17, 15) is 24.3 Å². The summed E-state index contributed by atoms with van der Waals surface area (Å²) in [7, 11) is 0. The van der Waals surface area contributed by atoms with Gasteiger partial charge in [0.1, 0.15) is 12.7 Å². The lowest BCUT2D eigenvalue weighted by Crippen LogP contribution is -2.67. The Bertz CT molecular complexity index is 540. The van der Waals surface area contributed by atoms with Gasteiger partial charge in [-0.05, 0) is 6.92 Å². The van der Waals surface area contributed by atoms with Crippen molar-refractivity contribution in [3.8, 4) is 0 Å². The van der Waals surface area contributed by atoms with Crippen molar-refractivity contribution in [1.82, 2.24) is 0 Å². The highest BCUT2D eigenvalue weighted by Crippen LogP contribution is 2.34. The molecule has 1 saturated heterocycles. The van der Waals surface area contributed by atoms with Crippen LogP contribution in [0.2, 0.25) is 0 Å². The van der Waals surface area contributed by atoms with Gasteiger partial charge >= 0.3 is 23.9 Å². The topological polar surface area (TPSA) is 135 Å². The van der Waals surface area contributed by atoms with Crippen molar-refractivity contribution >= 4 is 23.9 Å². The van der Waals surface area contributed by atoms with Crippen molar-refractivity contribution in [2.24, 2.45) is 0 Å². The first-order valence-corrected chi connectivity index (χ1v) is 7.49. The van der Waals surface area contributed by atoms with Gasteiger partial charge in [0.05, 0.1) is 0 Å². The molecule has 0 amide bonds. The first-order chi connectivity index (χ1) is 11.4. The number of ether oxygens (including phenoxy) is 5. The molecular formula is C15H22O10. The molecule has 1 fully saturated rings. The lowest BCUT2D eigenvalue weighted by Gasteiger charge is -2.47. The van der Waals surface area contributed by atoms with Gasteiger partial charge in [-0.15, -0.1) is 0 Å². The van der Waals surface area contributed by atoms with E-state index in [2.05, 4.69) is 0 Å². The zero-order valence-corrected chi connectivity index (χ0v) is 14.6. The van der Waals surface area contributed by atoms with E-state index in [0.29, 0.717) is 0 Å². The maximum atomic E-state index is 11.4. The Morgan fingerprint density at radius 2 is 1.36 bits per heavy atom. The van der Waals surface area contributed by atoms with E-state index < -0.39 is 54.1 Å². The van der Waals surface area contributed by atoms with E-state index in [4.69, 9.17) is 23.7 Å². The molecule has 0 spiro atoms. The van der Waals surface area contributed by atoms with Crippen molar-refractivity contribution in [2.75, 3.05) is 6.61 Å². The Hall–Kier alpha value is -2.20. The van der Waals surface area contributed by atoms with E-state index in [1.54, 1.807) is 0 Å². The van der Waals surface area contributed by atoms with E-state index in [0.717, 1.165) is 27.7 Å². The Morgan fingerprint density at radius 3 is 1.80 bits per heavy atom. The molecule has 25 heavy (non-hydrogen) atoms. The number of aliphatic hydroxyl groups is 1. The molecule has 1 rings (SSSR count). The van der Waals surface area contributed by atoms with Gasteiger partial charge in [-0.3, -0.25) is 19.2 Å². The maximum Gasteiger partial charge on any atom is 0.303 e. The molecule has 10 nitrogen and oxygen atoms in total. The molecule has 142 valence electrons. The van der Waals surface area contributed by atoms with Gasteiger partial charge in [-0.1, -0.05) is 0 Å². The summed E-state index contributed by atoms with van der Waals surface area (Å²) in [5, 5.41) is 10.5. The lowest BCUT2D eigenvalue weighted by molar-refractivity contribution is -0.344. The molecule has 0 aromatic heterocycles. The van der Waals surface area contributed by atoms with Gasteiger partial charge in [0, 0.05) is 27.7 Å². The van der Waals surface area contributed by atoms with Gasteiger partial charge in [-0.2, -0.15) is 0 Å². The molecule has 0 radical (unpaired) electrons. The highest BCUT2D eigenvalue weighted by Gasteiger charge is 2.57. The second kappa shape index (κ2) is 8.26. The van der Waals surface area contributed by atoms with Crippen LogP contribution < -0.4 is 0 Å². The van der Waals surface area contributed by atoms with Crippen LogP contribution in [0.4, 0.5) is 0 Å². The van der Waals surface area contributed by atoms with Crippen LogP contribution in [0, 0.1) is 0 Å². The summed E-state index contributed by atoms with van der Waals surface area (Å²) >= 11 is 0. The predicted molar refractivity (Wildman–Crippen MR) is 78.8 cm³/mol. The molecule has 1 N–H and O–H groups in total. The number of hydrogen-bond acceptors (Lipinski definition) is 10. The fourth-order valence-corrected chi connectivity index (χ4v) is 2.47. The molecule has 1 unspecified atom stereocenters. The Kier molecular flexibility index (Phi) is 6.88. The summed E-state index contributed by atoms with van der Waals surface area (Å²) in [6.45, 7) is 5.26. The largest absolute Gasteiger partial charge is 0.463 e. The van der Waals surface area contributed by atoms with Crippen molar-refractivity contribution in [2.45, 2.75) is 64.8 Å². The quantitative estimate of drug-likeness (QED) is 0.501. The average Bonchev–Trinajstić information content (AvgIpc) is 2.42. The molecule has 5 atom stereocenters. The molecule has 0 aliphatic carbocycles. The van der Waals surface area contributed by atoms with Crippen LogP contribution in [0.25, 0.3) is 0 Å². The second-order valence-corrected chi connectivity index (χ2v) is 5.69. The molecule has 1 aliphatic heterocycles. The summed E-state index contributed by atoms with van der Waals surface area (Å²) in [6, 6.07) is 0. The minimum Gasteiger partial charge on any atom is -0.463 e. The number of carbonyl (C=O) groups is 4. The van der Waals surface area contributed by atoms with E-state index >= 15 is 0 Å². The predicted octanol–water partition coefficient (Wildman–Crippen LogP) is -0.548. The van der Waals surface area contributed by atoms with E-state index in [-0.39, 0.29) is 6.61 Å². The monoisotopic (exact) mass is 362 g/mol. The second-order valence-electron chi connectivity index (χ2n) is 5.69. The van der Waals surface area contributed by atoms with Gasteiger partial charge in [0.25, 0.3) is 0 Å². The van der Waals surface area contributed by atoms with Crippen LogP contribution in [0.5, 0.6) is 0 Å². The maximum absolute atomic E-state index is 11.4. The summed E-state index contributed by atoms with van der Waals surface area (Å²) in [5.41, 5.74) is 0. The SMILES string of the molecule is CC(=O)OC[C@H]1OC(C)(O)[C@H](OC(C)=O)[C@@H](OC(C)=O)[C@@H]1OC(C)=O. The molecular weight excluding hydrogens is 340 g/mol. The molecule has 0 bridgehead atoms. The molecule has 1 heterocycles. The first-order valence-electron chi connectivity index (χ1n) is 7.49. The number of rotatable bonds is 5. The van der Waals surface area contributed by atoms with E-state index in [1.165, 1.54) is 6.92 Å². The van der Waals surface area contributed by atoms with Crippen LogP contribution in [0.3, 0.4) is 0 Å². The number of hydrogen-bond donors (Lipinski definition) is 1. The fraction of sp³-hybridized carbons (Fsp3) is 0.733. The van der Waals surface area contributed by atoms with Crippen molar-refractivity contribution in [3.05, 3.63) is 0 Å². The zero-order chi connectivity index (χ0) is 19.4. The van der Waals surface area contributed by atoms with Crippen LogP contribution in [0.15, 0.2) is 0 Å². The average molecular weight is 362 g/mol. The van der Waals surface area contributed by atoms with Crippen LogP contribution >= 0.6 is 0 Å². The molecule has 0 saturated carbocycles. The van der Waals surface area contributed by atoms with Crippen LogP contribution in [-0.4, -0.2) is 65.8 Å². The summed E-state index contributed by atoms with van der Waals surface area (Å²) in [5.74, 6) is -4.99. The molecule has 0 aromatic rings. The normalized spacial score (nSPS) is 31.6. The third-order valence-electron chi connectivity index (χ3n) is 3.25. The van der Waals surface area contributed by atoms with Crippen LogP contribution in [-0.2, 0) is 42.9 Å². The van der Waals surface area contributed by atoms with Gasteiger partial charge in [-0.25, -0.2) is 0 Å². The first kappa shape index (κ1) is 20.8. The Morgan fingerprint density at radius 1 is 0.880 bits per heavy atom. The molecule has 1 aliphatic rings. The molecule has 0 aromatic carbocycles. The minimum atomic E-state index is -2.09. The fourth-order valence-electron chi connectivity index (χ4n) is 2.47. The van der Waals surface area contributed by atoms with Gasteiger partial charge in [0.15, 0.2) is 18.3 Å². The lowest BCUT2D eigenvalue weighted by atomic mass is 9.92. The number of carbonyl (C=O) groups excluding carboxylic acids is 4. The van der Waals surface area contributed by atoms with Crippen LogP contribution in [0.1, 0.15) is 34.6 Å². The summed E-state index contributed by atoms with van der Waals surface area (Å²) < 4.78 is 25.5. The Balaban J connectivity index is 3.24. The van der Waals surface area contributed by atoms with Crippen molar-refractivity contribution in [1.29, 1.82) is 0 Å². The summed E-state index contributed by atoms with van der Waals surface area (Å²) in [6.07, 6.45) is -5.26. The van der Waals surface area contributed by atoms with Gasteiger partial charge in [0.2, 0.25) is 5.79 Å². The highest BCUT2D eigenvalue weighted by molar-refractivity contribution is 5.68. The minimum absolute atomic E-state index is 0.381. The summed E-state index contributed by atoms with van der Waals surface area (Å²) in [4.78, 5) is 45.3. The molecule has 10 heteroatoms.